The number of H-pyrrole nitrogens is 1. The molecular weight excluding hydrogens is 342 g/mol. The molecule has 0 amide bonds. The molecule has 0 saturated carbocycles. The number of nitrogens with two attached hydrogens (primary N) is 1. The number of rotatable bonds is 6. The Labute approximate surface area is 150 Å². The maximum atomic E-state index is 13.9. The molecule has 1 aromatic carbocycles. The maximum absolute atomic E-state index is 13.9. The molecule has 1 heterocycles. The number of aromatic amines is 1. The largest absolute Gasteiger partial charge is 0.465 e. The Morgan fingerprint density at radius 3 is 2.42 bits per heavy atom. The van der Waals surface area contributed by atoms with Gasteiger partial charge < -0.3 is 15.0 Å². The molecule has 5 nitrogen and oxygen atoms in total. The molecule has 0 aliphatic heterocycles. The third-order valence-corrected chi connectivity index (χ3v) is 4.52. The zero-order chi connectivity index (χ0) is 19.6. The molecule has 0 fully saturated rings. The predicted molar refractivity (Wildman–Crippen MR) is 92.1 cm³/mol. The number of Topliss-reactive ketones (excluding diaryl/α,β-unsaturated/α-hetero) is 1. The highest BCUT2D eigenvalue weighted by molar-refractivity contribution is 6.03. The van der Waals surface area contributed by atoms with E-state index >= 15 is 0 Å². The van der Waals surface area contributed by atoms with Crippen molar-refractivity contribution in [2.24, 2.45) is 0 Å². The van der Waals surface area contributed by atoms with Gasteiger partial charge in [0.15, 0.2) is 0 Å². The van der Waals surface area contributed by atoms with Gasteiger partial charge in [0.1, 0.15) is 23.7 Å². The minimum absolute atomic E-state index is 0.213. The minimum atomic E-state index is -0.645. The van der Waals surface area contributed by atoms with Gasteiger partial charge in [0.2, 0.25) is 5.78 Å². The van der Waals surface area contributed by atoms with Crippen LogP contribution in [0.25, 0.3) is 0 Å². The van der Waals surface area contributed by atoms with Crippen molar-refractivity contribution < 1.29 is 28.4 Å². The topological polar surface area (TPSA) is 75.8 Å². The van der Waals surface area contributed by atoms with Crippen LogP contribution in [0.1, 0.15) is 57.6 Å². The van der Waals surface area contributed by atoms with Crippen LogP contribution < -0.4 is 5.32 Å². The van der Waals surface area contributed by atoms with Gasteiger partial charge in [-0.1, -0.05) is 0 Å². The van der Waals surface area contributed by atoms with Crippen LogP contribution in [0.5, 0.6) is 0 Å². The fraction of sp³-hybridized carbons (Fsp3) is 0.368. The van der Waals surface area contributed by atoms with Crippen LogP contribution in [0, 0.1) is 25.5 Å². The third-order valence-electron chi connectivity index (χ3n) is 4.52. The monoisotopic (exact) mass is 365 g/mol. The fourth-order valence-corrected chi connectivity index (χ4v) is 3.13. The second-order valence-corrected chi connectivity index (χ2v) is 6.42. The number of halogens is 2. The summed E-state index contributed by atoms with van der Waals surface area (Å²) in [5, 5.41) is 1.70. The van der Waals surface area contributed by atoms with Gasteiger partial charge in [-0.2, -0.15) is 0 Å². The molecule has 2 rings (SSSR count). The Bertz CT molecular complexity index is 846. The van der Waals surface area contributed by atoms with Crippen LogP contribution in [0.2, 0.25) is 0 Å². The molecule has 26 heavy (non-hydrogen) atoms. The summed E-state index contributed by atoms with van der Waals surface area (Å²) in [5.74, 6) is -2.01. The maximum Gasteiger partial charge on any atom is 0.339 e. The summed E-state index contributed by atoms with van der Waals surface area (Å²) in [7, 11) is 1.28. The zero-order valence-corrected chi connectivity index (χ0v) is 15.4. The lowest BCUT2D eigenvalue weighted by atomic mass is 10.0. The Balaban J connectivity index is 2.21. The number of methoxy groups -OCH3 is 1. The highest BCUT2D eigenvalue weighted by Crippen LogP contribution is 2.20. The Morgan fingerprint density at radius 1 is 1.19 bits per heavy atom. The van der Waals surface area contributed by atoms with Gasteiger partial charge >= 0.3 is 5.97 Å². The smallest absolute Gasteiger partial charge is 0.339 e. The Morgan fingerprint density at radius 2 is 1.85 bits per heavy atom. The van der Waals surface area contributed by atoms with Crippen molar-refractivity contribution in [2.75, 3.05) is 7.11 Å². The Hall–Kier alpha value is -2.54. The first-order valence-electron chi connectivity index (χ1n) is 8.29. The van der Waals surface area contributed by atoms with E-state index in [4.69, 9.17) is 4.74 Å². The summed E-state index contributed by atoms with van der Waals surface area (Å²) in [6.07, 6.45) is 0. The number of quaternary nitrogens is 1. The number of esters is 1. The number of carbonyl (C=O) groups excluding carboxylic acids is 2. The van der Waals surface area contributed by atoms with Crippen molar-refractivity contribution in [1.82, 2.24) is 4.98 Å². The van der Waals surface area contributed by atoms with Crippen LogP contribution in [-0.2, 0) is 4.74 Å². The summed E-state index contributed by atoms with van der Waals surface area (Å²) < 4.78 is 31.7. The molecule has 0 aliphatic carbocycles. The van der Waals surface area contributed by atoms with Gasteiger partial charge in [0.05, 0.1) is 18.4 Å². The first-order valence-corrected chi connectivity index (χ1v) is 8.29. The molecule has 2 atom stereocenters. The third kappa shape index (κ3) is 3.83. The number of aryl methyl sites for hydroxylation is 1. The number of benzene rings is 1. The second-order valence-electron chi connectivity index (χ2n) is 6.42. The van der Waals surface area contributed by atoms with Crippen molar-refractivity contribution in [1.29, 1.82) is 0 Å². The van der Waals surface area contributed by atoms with Crippen LogP contribution in [0.3, 0.4) is 0 Å². The van der Waals surface area contributed by atoms with Crippen molar-refractivity contribution in [3.05, 3.63) is 57.9 Å². The Kier molecular flexibility index (Phi) is 5.92. The van der Waals surface area contributed by atoms with E-state index in [1.165, 1.54) is 19.2 Å². The lowest BCUT2D eigenvalue weighted by Crippen LogP contribution is -2.91. The first kappa shape index (κ1) is 19.8. The number of hydrogen-bond acceptors (Lipinski definition) is 3. The molecule has 1 aromatic heterocycles. The highest BCUT2D eigenvalue weighted by atomic mass is 19.1. The van der Waals surface area contributed by atoms with Crippen molar-refractivity contribution in [3.63, 3.8) is 0 Å². The molecule has 3 N–H and O–H groups in total. The quantitative estimate of drug-likeness (QED) is 0.610. The average molecular weight is 365 g/mol. The number of nitrogens with one attached hydrogen (secondary N) is 1. The number of aromatic nitrogens is 1. The molecule has 7 heteroatoms. The van der Waals surface area contributed by atoms with E-state index in [2.05, 4.69) is 4.98 Å². The van der Waals surface area contributed by atoms with Crippen LogP contribution in [0.4, 0.5) is 8.78 Å². The predicted octanol–water partition coefficient (Wildman–Crippen LogP) is 2.59. The number of hydrogen-bond donors (Lipinski definition) is 2. The number of carbonyl (C=O) groups is 2. The number of ketones is 1. The molecular formula is C19H23F2N2O3+. The van der Waals surface area contributed by atoms with Gasteiger partial charge in [0.25, 0.3) is 0 Å². The van der Waals surface area contributed by atoms with Gasteiger partial charge in [-0.3, -0.25) is 4.79 Å². The normalized spacial score (nSPS) is 13.3. The molecule has 140 valence electrons. The summed E-state index contributed by atoms with van der Waals surface area (Å²) in [4.78, 5) is 27.6. The van der Waals surface area contributed by atoms with E-state index in [1.807, 2.05) is 0 Å². The van der Waals surface area contributed by atoms with Crippen molar-refractivity contribution in [2.45, 2.75) is 39.8 Å². The zero-order valence-electron chi connectivity index (χ0n) is 15.4. The van der Waals surface area contributed by atoms with Crippen LogP contribution in [-0.4, -0.2) is 29.9 Å². The van der Waals surface area contributed by atoms with Crippen molar-refractivity contribution in [3.8, 4) is 0 Å². The molecule has 2 aromatic rings. The fourth-order valence-electron chi connectivity index (χ4n) is 3.13. The van der Waals surface area contributed by atoms with E-state index in [1.54, 1.807) is 33.0 Å². The minimum Gasteiger partial charge on any atom is -0.465 e. The molecule has 0 saturated heterocycles. The SMILES string of the molecule is COC(=O)c1c(C)[nH]c(C(=O)[C@@H](C)[NH2+][C@H](C)c2ccc(F)cc2F)c1C. The summed E-state index contributed by atoms with van der Waals surface area (Å²) in [5.41, 5.74) is 2.09. The highest BCUT2D eigenvalue weighted by Gasteiger charge is 2.28. The van der Waals surface area contributed by atoms with Gasteiger partial charge in [0, 0.05) is 17.3 Å². The molecule has 0 bridgehead atoms. The summed E-state index contributed by atoms with van der Waals surface area (Å²) in [6.45, 7) is 6.82. The van der Waals surface area contributed by atoms with E-state index in [0.29, 0.717) is 28.1 Å². The lowest BCUT2D eigenvalue weighted by molar-refractivity contribution is -0.709. The second kappa shape index (κ2) is 7.78. The number of ether oxygens (including phenoxy) is 1. The van der Waals surface area contributed by atoms with E-state index < -0.39 is 23.6 Å². The lowest BCUT2D eigenvalue weighted by Gasteiger charge is -2.16. The van der Waals surface area contributed by atoms with E-state index in [0.717, 1.165) is 6.07 Å². The molecule has 0 spiro atoms. The summed E-state index contributed by atoms with van der Waals surface area (Å²) in [6, 6.07) is 2.48. The van der Waals surface area contributed by atoms with Crippen molar-refractivity contribution >= 4 is 11.8 Å². The molecule has 0 aliphatic rings. The average Bonchev–Trinajstić information content (AvgIpc) is 2.87. The standard InChI is InChI=1S/C19H22F2N2O3/c1-9-16(19(25)26-5)11(3)23-17(9)18(24)12(4)22-10(2)14-7-6-13(20)8-15(14)21/h6-8,10,12,22-23H,1-5H3/p+1/t10-,12-/m1/s1. The van der Waals surface area contributed by atoms with Crippen LogP contribution >= 0.6 is 0 Å². The van der Waals surface area contributed by atoms with Gasteiger partial charge in [-0.05, 0) is 45.4 Å². The molecule has 0 radical (unpaired) electrons. The molecule has 0 unspecified atom stereocenters. The van der Waals surface area contributed by atoms with E-state index in [9.17, 15) is 18.4 Å². The van der Waals surface area contributed by atoms with Crippen LogP contribution in [0.15, 0.2) is 18.2 Å². The van der Waals surface area contributed by atoms with E-state index in [-0.39, 0.29) is 11.8 Å². The first-order chi connectivity index (χ1) is 12.2. The van der Waals surface area contributed by atoms with Gasteiger partial charge in [-0.25, -0.2) is 13.6 Å². The summed E-state index contributed by atoms with van der Waals surface area (Å²) >= 11 is 0. The van der Waals surface area contributed by atoms with Gasteiger partial charge in [-0.15, -0.1) is 0 Å².